The number of carbonyl (C=O) groups excluding carboxylic acids is 1. The van der Waals surface area contributed by atoms with Gasteiger partial charge in [0.2, 0.25) is 0 Å². The van der Waals surface area contributed by atoms with Crippen LogP contribution in [0.4, 0.5) is 17.2 Å². The van der Waals surface area contributed by atoms with E-state index in [0.29, 0.717) is 11.1 Å². The summed E-state index contributed by atoms with van der Waals surface area (Å²) in [5, 5.41) is 29.0. The van der Waals surface area contributed by atoms with E-state index < -0.39 is 5.91 Å². The van der Waals surface area contributed by atoms with Gasteiger partial charge in [-0.2, -0.15) is 15.0 Å². The number of nitriles is 1. The third-order valence-electron chi connectivity index (χ3n) is 5.24. The van der Waals surface area contributed by atoms with Gasteiger partial charge in [0.05, 0.1) is 11.8 Å². The summed E-state index contributed by atoms with van der Waals surface area (Å²) in [6.07, 6.45) is 4.49. The van der Waals surface area contributed by atoms with Crippen molar-refractivity contribution >= 4 is 33.9 Å². The number of phenolic OH excluding ortho intramolecular Hbond substituents is 1. The van der Waals surface area contributed by atoms with Crippen LogP contribution in [0.25, 0.3) is 16.7 Å². The highest BCUT2D eigenvalue weighted by molar-refractivity contribution is 6.12. The third kappa shape index (κ3) is 4.17. The highest BCUT2D eigenvalue weighted by atomic mass is 16.3. The Morgan fingerprint density at radius 2 is 1.71 bits per heavy atom. The Balaban J connectivity index is 1.53. The number of para-hydroxylation sites is 1. The molecule has 2 aromatic heterocycles. The van der Waals surface area contributed by atoms with Gasteiger partial charge in [-0.25, -0.2) is 9.97 Å². The number of benzene rings is 3. The van der Waals surface area contributed by atoms with Crippen LogP contribution >= 0.6 is 0 Å². The number of nitrogens with zero attached hydrogens (tertiary/aromatic N) is 5. The first-order chi connectivity index (χ1) is 17.2. The normalized spacial score (nSPS) is 10.5. The molecule has 0 bridgehead atoms. The lowest BCUT2D eigenvalue weighted by molar-refractivity contribution is 0.102. The van der Waals surface area contributed by atoms with Crippen molar-refractivity contribution in [3.8, 4) is 17.8 Å². The van der Waals surface area contributed by atoms with Crippen molar-refractivity contribution in [2.45, 2.75) is 0 Å². The van der Waals surface area contributed by atoms with Crippen molar-refractivity contribution < 1.29 is 9.90 Å². The molecule has 0 unspecified atom stereocenters. The zero-order valence-corrected chi connectivity index (χ0v) is 18.2. The van der Waals surface area contributed by atoms with Gasteiger partial charge in [-0.05, 0) is 29.7 Å². The molecule has 0 aliphatic rings. The van der Waals surface area contributed by atoms with E-state index in [4.69, 9.17) is 0 Å². The maximum atomic E-state index is 13.0. The number of hydrogen-bond donors (Lipinski definition) is 4. The van der Waals surface area contributed by atoms with Gasteiger partial charge >= 0.3 is 0 Å². The second-order valence-electron chi connectivity index (χ2n) is 7.42. The van der Waals surface area contributed by atoms with Crippen LogP contribution in [-0.2, 0) is 0 Å². The number of anilines is 3. The first-order valence-corrected chi connectivity index (χ1v) is 10.5. The lowest BCUT2D eigenvalue weighted by Crippen LogP contribution is -2.17. The second-order valence-corrected chi connectivity index (χ2v) is 7.42. The van der Waals surface area contributed by atoms with Crippen LogP contribution < -0.4 is 16.2 Å². The van der Waals surface area contributed by atoms with E-state index in [9.17, 15) is 15.2 Å². The summed E-state index contributed by atoms with van der Waals surface area (Å²) in [6, 6.07) is 21.6. The summed E-state index contributed by atoms with van der Waals surface area (Å²) in [7, 11) is 0. The average Bonchev–Trinajstić information content (AvgIpc) is 3.32. The number of nitrogens with one attached hydrogen (secondary N) is 3. The lowest BCUT2D eigenvalue weighted by atomic mass is 10.0. The monoisotopic (exact) mass is 462 g/mol. The smallest absolute Gasteiger partial charge is 0.259 e. The van der Waals surface area contributed by atoms with E-state index in [0.717, 1.165) is 5.39 Å². The standard InChI is InChI=1S/C25H18N8O2/c26-14-17-15-29-33(25-27-11-6-12-28-25)23(17)32-31-21-19-10-5-4-7-16(19)13-20(22(21)34)24(35)30-18-8-2-1-3-9-18/h1-13,15,31-32,34H,(H,30,35). The van der Waals surface area contributed by atoms with Crippen LogP contribution in [0, 0.1) is 11.3 Å². The average molecular weight is 462 g/mol. The number of hydrogen-bond acceptors (Lipinski definition) is 8. The van der Waals surface area contributed by atoms with Gasteiger partial charge in [0.25, 0.3) is 11.9 Å². The maximum Gasteiger partial charge on any atom is 0.259 e. The number of rotatable bonds is 6. The summed E-state index contributed by atoms with van der Waals surface area (Å²) < 4.78 is 1.36. The molecular weight excluding hydrogens is 444 g/mol. The van der Waals surface area contributed by atoms with Gasteiger partial charge in [-0.3, -0.25) is 15.6 Å². The van der Waals surface area contributed by atoms with E-state index in [-0.39, 0.29) is 34.3 Å². The van der Waals surface area contributed by atoms with Crippen LogP contribution in [-0.4, -0.2) is 30.8 Å². The molecule has 5 aromatic rings. The molecule has 35 heavy (non-hydrogen) atoms. The third-order valence-corrected chi connectivity index (χ3v) is 5.24. The van der Waals surface area contributed by atoms with Crippen LogP contribution in [0.3, 0.4) is 0 Å². The lowest BCUT2D eigenvalue weighted by Gasteiger charge is -2.17. The Labute approximate surface area is 199 Å². The van der Waals surface area contributed by atoms with Gasteiger partial charge in [0.1, 0.15) is 17.3 Å². The molecule has 3 aromatic carbocycles. The van der Waals surface area contributed by atoms with E-state index in [1.165, 1.54) is 10.9 Å². The van der Waals surface area contributed by atoms with E-state index in [1.54, 1.807) is 54.9 Å². The largest absolute Gasteiger partial charge is 0.505 e. The highest BCUT2D eigenvalue weighted by Crippen LogP contribution is 2.36. The SMILES string of the molecule is N#Cc1cnn(-c2ncccn2)c1NNc1c(O)c(C(=O)Nc2ccccc2)cc2ccccc12. The molecule has 170 valence electrons. The Morgan fingerprint density at radius 3 is 2.49 bits per heavy atom. The maximum absolute atomic E-state index is 13.0. The fourth-order valence-electron chi connectivity index (χ4n) is 3.58. The second kappa shape index (κ2) is 9.21. The minimum Gasteiger partial charge on any atom is -0.505 e. The summed E-state index contributed by atoms with van der Waals surface area (Å²) in [4.78, 5) is 21.3. The number of aromatic hydroxyl groups is 1. The summed E-state index contributed by atoms with van der Waals surface area (Å²) in [5.41, 5.74) is 7.05. The number of phenols is 1. The fourth-order valence-corrected chi connectivity index (χ4v) is 3.58. The van der Waals surface area contributed by atoms with Crippen molar-refractivity contribution in [2.24, 2.45) is 0 Å². The zero-order chi connectivity index (χ0) is 24.2. The van der Waals surface area contributed by atoms with E-state index >= 15 is 0 Å². The summed E-state index contributed by atoms with van der Waals surface area (Å²) in [6.45, 7) is 0. The Hall–Kier alpha value is -5.43. The molecule has 0 saturated heterocycles. The molecule has 5 rings (SSSR count). The van der Waals surface area contributed by atoms with E-state index in [1.807, 2.05) is 24.3 Å². The van der Waals surface area contributed by atoms with Crippen LogP contribution in [0.5, 0.6) is 5.75 Å². The van der Waals surface area contributed by atoms with Crippen molar-refractivity contribution in [1.82, 2.24) is 19.7 Å². The number of fused-ring (bicyclic) bond motifs is 1. The van der Waals surface area contributed by atoms with Crippen molar-refractivity contribution in [1.29, 1.82) is 5.26 Å². The van der Waals surface area contributed by atoms with Gasteiger partial charge < -0.3 is 10.4 Å². The molecule has 0 aliphatic heterocycles. The van der Waals surface area contributed by atoms with Crippen molar-refractivity contribution in [2.75, 3.05) is 16.2 Å². The van der Waals surface area contributed by atoms with Gasteiger partial charge in [0, 0.05) is 23.5 Å². The molecule has 0 radical (unpaired) electrons. The predicted molar refractivity (Wildman–Crippen MR) is 131 cm³/mol. The fraction of sp³-hybridized carbons (Fsp3) is 0. The molecule has 10 heteroatoms. The first-order valence-electron chi connectivity index (χ1n) is 10.5. The molecule has 4 N–H and O–H groups in total. The van der Waals surface area contributed by atoms with Crippen molar-refractivity contribution in [3.63, 3.8) is 0 Å². The number of carbonyl (C=O) groups is 1. The first kappa shape index (κ1) is 21.4. The van der Waals surface area contributed by atoms with Gasteiger partial charge in [0.15, 0.2) is 11.6 Å². The molecule has 0 spiro atoms. The summed E-state index contributed by atoms with van der Waals surface area (Å²) in [5.74, 6) is -0.210. The predicted octanol–water partition coefficient (Wildman–Crippen LogP) is 4.08. The van der Waals surface area contributed by atoms with Crippen molar-refractivity contribution in [3.05, 3.63) is 96.4 Å². The highest BCUT2D eigenvalue weighted by Gasteiger charge is 2.20. The molecule has 0 atom stereocenters. The quantitative estimate of drug-likeness (QED) is 0.218. The Bertz CT molecular complexity index is 1560. The van der Waals surface area contributed by atoms with Gasteiger partial charge in [-0.15, -0.1) is 0 Å². The minimum absolute atomic E-state index is 0.0808. The molecule has 0 fully saturated rings. The Morgan fingerprint density at radius 1 is 0.971 bits per heavy atom. The molecule has 10 nitrogen and oxygen atoms in total. The Kier molecular flexibility index (Phi) is 5.63. The van der Waals surface area contributed by atoms with Crippen LogP contribution in [0.1, 0.15) is 15.9 Å². The zero-order valence-electron chi connectivity index (χ0n) is 18.2. The van der Waals surface area contributed by atoms with E-state index in [2.05, 4.69) is 37.3 Å². The number of amides is 1. The molecule has 0 aliphatic carbocycles. The van der Waals surface area contributed by atoms with Gasteiger partial charge in [-0.1, -0.05) is 42.5 Å². The molecule has 0 saturated carbocycles. The number of aromatic nitrogens is 4. The van der Waals surface area contributed by atoms with Crippen LogP contribution in [0.15, 0.2) is 85.3 Å². The summed E-state index contributed by atoms with van der Waals surface area (Å²) >= 11 is 0. The topological polar surface area (TPSA) is 141 Å². The minimum atomic E-state index is -0.469. The molecular formula is C25H18N8O2. The molecule has 2 heterocycles. The molecule has 1 amide bonds. The number of hydrazine groups is 1. The van der Waals surface area contributed by atoms with Crippen LogP contribution in [0.2, 0.25) is 0 Å².